The van der Waals surface area contributed by atoms with Gasteiger partial charge in [0.05, 0.1) is 10.7 Å². The number of aliphatic imine (C=N–C) groups is 1. The SMILES string of the molecule is Cc1cc(C)nc(N/C(=N/C(=S)Nc2ccc(Cl)cc2Cl)N2CCN(c3ccccn3)CC2)n1. The molecule has 0 aliphatic carbocycles. The molecular weight excluding hydrogens is 491 g/mol. The summed E-state index contributed by atoms with van der Waals surface area (Å²) >= 11 is 17.8. The minimum atomic E-state index is 0.253. The molecule has 4 rings (SSSR count). The van der Waals surface area contributed by atoms with E-state index in [1.54, 1.807) is 24.4 Å². The molecule has 1 fully saturated rings. The summed E-state index contributed by atoms with van der Waals surface area (Å²) in [5.74, 6) is 1.99. The third-order valence-corrected chi connectivity index (χ3v) is 5.88. The number of halogens is 2. The Morgan fingerprint density at radius 1 is 0.971 bits per heavy atom. The highest BCUT2D eigenvalue weighted by Crippen LogP contribution is 2.25. The van der Waals surface area contributed by atoms with Crippen LogP contribution in [0.15, 0.2) is 53.7 Å². The lowest BCUT2D eigenvalue weighted by Crippen LogP contribution is -2.51. The van der Waals surface area contributed by atoms with Gasteiger partial charge in [-0.1, -0.05) is 29.3 Å². The molecule has 0 radical (unpaired) electrons. The van der Waals surface area contributed by atoms with Crippen molar-refractivity contribution in [3.8, 4) is 0 Å². The number of nitrogens with zero attached hydrogens (tertiary/aromatic N) is 6. The number of guanidine groups is 1. The highest BCUT2D eigenvalue weighted by atomic mass is 35.5. The van der Waals surface area contributed by atoms with Crippen LogP contribution in [0.2, 0.25) is 10.0 Å². The lowest BCUT2D eigenvalue weighted by atomic mass is 10.3. The highest BCUT2D eigenvalue weighted by molar-refractivity contribution is 7.80. The monoisotopic (exact) mass is 514 g/mol. The van der Waals surface area contributed by atoms with E-state index in [0.717, 1.165) is 43.4 Å². The molecule has 3 heterocycles. The van der Waals surface area contributed by atoms with Gasteiger partial charge in [0.25, 0.3) is 0 Å². The number of piperazine rings is 1. The number of nitrogens with one attached hydrogen (secondary N) is 2. The van der Waals surface area contributed by atoms with Gasteiger partial charge in [-0.3, -0.25) is 5.32 Å². The predicted octanol–water partition coefficient (Wildman–Crippen LogP) is 4.78. The molecule has 0 unspecified atom stereocenters. The van der Waals surface area contributed by atoms with Crippen molar-refractivity contribution < 1.29 is 0 Å². The topological polar surface area (TPSA) is 81.6 Å². The van der Waals surface area contributed by atoms with Gasteiger partial charge in [0.15, 0.2) is 0 Å². The van der Waals surface area contributed by atoms with Gasteiger partial charge in [0.1, 0.15) is 5.82 Å². The van der Waals surface area contributed by atoms with Crippen LogP contribution in [0.25, 0.3) is 0 Å². The number of aromatic nitrogens is 3. The number of rotatable bonds is 3. The molecule has 3 aromatic rings. The Labute approximate surface area is 214 Å². The molecule has 0 saturated carbocycles. The minimum Gasteiger partial charge on any atom is -0.353 e. The summed E-state index contributed by atoms with van der Waals surface area (Å²) in [7, 11) is 0. The van der Waals surface area contributed by atoms with Crippen LogP contribution in [0.4, 0.5) is 17.5 Å². The minimum absolute atomic E-state index is 0.253. The molecule has 176 valence electrons. The molecule has 1 saturated heterocycles. The standard InChI is InChI=1S/C23H24Cl2N8S/c1-15-13-16(2)28-21(27-15)30-22(31-23(34)29-19-7-6-17(24)14-18(19)25)33-11-9-32(10-12-33)20-5-3-4-8-26-20/h3-8,13-14H,9-12H2,1-2H3,(H2,27,28,29,30,31,34). The molecule has 0 atom stereocenters. The maximum absolute atomic E-state index is 6.29. The Balaban J connectivity index is 1.54. The van der Waals surface area contributed by atoms with E-state index in [1.807, 2.05) is 38.1 Å². The molecule has 0 bridgehead atoms. The van der Waals surface area contributed by atoms with Crippen molar-refractivity contribution in [2.24, 2.45) is 4.99 Å². The average Bonchev–Trinajstić information content (AvgIpc) is 2.80. The van der Waals surface area contributed by atoms with E-state index in [2.05, 4.69) is 40.4 Å². The molecule has 1 aliphatic heterocycles. The summed E-state index contributed by atoms with van der Waals surface area (Å²) in [4.78, 5) is 22.5. The van der Waals surface area contributed by atoms with Gasteiger partial charge in [-0.25, -0.2) is 15.0 Å². The molecule has 2 aromatic heterocycles. The van der Waals surface area contributed by atoms with E-state index < -0.39 is 0 Å². The first kappa shape index (κ1) is 24.1. The summed E-state index contributed by atoms with van der Waals surface area (Å²) in [5.41, 5.74) is 2.35. The van der Waals surface area contributed by atoms with Crippen LogP contribution in [0.5, 0.6) is 0 Å². The van der Waals surface area contributed by atoms with E-state index in [-0.39, 0.29) is 5.11 Å². The van der Waals surface area contributed by atoms with Gasteiger partial charge < -0.3 is 15.1 Å². The van der Waals surface area contributed by atoms with Crippen LogP contribution in [0.1, 0.15) is 11.4 Å². The van der Waals surface area contributed by atoms with Crippen LogP contribution < -0.4 is 15.5 Å². The molecule has 34 heavy (non-hydrogen) atoms. The van der Waals surface area contributed by atoms with Crippen LogP contribution >= 0.6 is 35.4 Å². The van der Waals surface area contributed by atoms with E-state index in [9.17, 15) is 0 Å². The van der Waals surface area contributed by atoms with E-state index >= 15 is 0 Å². The van der Waals surface area contributed by atoms with Gasteiger partial charge >= 0.3 is 0 Å². The zero-order chi connectivity index (χ0) is 24.1. The van der Waals surface area contributed by atoms with Crippen molar-refractivity contribution >= 4 is 63.9 Å². The Bertz CT molecular complexity index is 1180. The first-order valence-electron chi connectivity index (χ1n) is 10.7. The Morgan fingerprint density at radius 2 is 1.71 bits per heavy atom. The molecule has 2 N–H and O–H groups in total. The third kappa shape index (κ3) is 6.31. The maximum Gasteiger partial charge on any atom is 0.229 e. The molecule has 0 amide bonds. The molecule has 11 heteroatoms. The third-order valence-electron chi connectivity index (χ3n) is 5.14. The van der Waals surface area contributed by atoms with Crippen molar-refractivity contribution in [3.63, 3.8) is 0 Å². The zero-order valence-corrected chi connectivity index (χ0v) is 21.1. The fraction of sp³-hybridized carbons (Fsp3) is 0.261. The largest absolute Gasteiger partial charge is 0.353 e. The second kappa shape index (κ2) is 10.9. The molecule has 0 spiro atoms. The number of aryl methyl sites for hydroxylation is 2. The lowest BCUT2D eigenvalue weighted by Gasteiger charge is -2.36. The quantitative estimate of drug-likeness (QED) is 0.293. The van der Waals surface area contributed by atoms with Crippen molar-refractivity contribution in [2.75, 3.05) is 41.7 Å². The summed E-state index contributed by atoms with van der Waals surface area (Å²) in [5, 5.41) is 7.60. The van der Waals surface area contributed by atoms with Gasteiger partial charge in [0.2, 0.25) is 17.0 Å². The Morgan fingerprint density at radius 3 is 2.35 bits per heavy atom. The van der Waals surface area contributed by atoms with Gasteiger partial charge in [-0.2, -0.15) is 4.99 Å². The first-order chi connectivity index (χ1) is 16.4. The van der Waals surface area contributed by atoms with Gasteiger partial charge in [-0.15, -0.1) is 0 Å². The Hall–Kier alpha value is -3.01. The average molecular weight is 515 g/mol. The van der Waals surface area contributed by atoms with E-state index in [4.69, 9.17) is 35.4 Å². The zero-order valence-electron chi connectivity index (χ0n) is 18.8. The van der Waals surface area contributed by atoms with Crippen molar-refractivity contribution in [1.29, 1.82) is 0 Å². The number of hydrogen-bond donors (Lipinski definition) is 2. The van der Waals surface area contributed by atoms with E-state index in [0.29, 0.717) is 27.6 Å². The fourth-order valence-corrected chi connectivity index (χ4v) is 4.23. The number of pyridine rings is 1. The van der Waals surface area contributed by atoms with Crippen molar-refractivity contribution in [3.05, 3.63) is 70.1 Å². The summed E-state index contributed by atoms with van der Waals surface area (Å²) in [6.07, 6.45) is 1.81. The van der Waals surface area contributed by atoms with Crippen LogP contribution in [-0.2, 0) is 0 Å². The summed E-state index contributed by atoms with van der Waals surface area (Å²) in [6.45, 7) is 6.87. The lowest BCUT2D eigenvalue weighted by molar-refractivity contribution is 0.384. The van der Waals surface area contributed by atoms with Crippen LogP contribution in [0, 0.1) is 13.8 Å². The predicted molar refractivity (Wildman–Crippen MR) is 143 cm³/mol. The normalized spacial score (nSPS) is 14.2. The van der Waals surface area contributed by atoms with E-state index in [1.165, 1.54) is 0 Å². The molecule has 1 aromatic carbocycles. The number of anilines is 3. The summed E-state index contributed by atoms with van der Waals surface area (Å²) < 4.78 is 0. The number of benzene rings is 1. The number of thiocarbonyl (C=S) groups is 1. The second-order valence-electron chi connectivity index (χ2n) is 7.75. The smallest absolute Gasteiger partial charge is 0.229 e. The van der Waals surface area contributed by atoms with Gasteiger partial charge in [0, 0.05) is 48.8 Å². The highest BCUT2D eigenvalue weighted by Gasteiger charge is 2.22. The van der Waals surface area contributed by atoms with Gasteiger partial charge in [-0.05, 0) is 62.5 Å². The molecule has 1 aliphatic rings. The fourth-order valence-electron chi connectivity index (χ4n) is 3.58. The van der Waals surface area contributed by atoms with Crippen LogP contribution in [-0.4, -0.2) is 57.1 Å². The molecule has 8 nitrogen and oxygen atoms in total. The summed E-state index contributed by atoms with van der Waals surface area (Å²) in [6, 6.07) is 13.0. The van der Waals surface area contributed by atoms with Crippen molar-refractivity contribution in [1.82, 2.24) is 19.9 Å². The van der Waals surface area contributed by atoms with Crippen LogP contribution in [0.3, 0.4) is 0 Å². The second-order valence-corrected chi connectivity index (χ2v) is 8.98. The Kier molecular flexibility index (Phi) is 7.77. The number of hydrogen-bond acceptors (Lipinski definition) is 5. The molecular formula is C23H24Cl2N8S. The van der Waals surface area contributed by atoms with Crippen molar-refractivity contribution in [2.45, 2.75) is 13.8 Å². The maximum atomic E-state index is 6.29. The first-order valence-corrected chi connectivity index (χ1v) is 11.9.